The first kappa shape index (κ1) is 19.2. The van der Waals surface area contributed by atoms with Crippen molar-refractivity contribution in [2.75, 3.05) is 24.3 Å². The second-order valence-corrected chi connectivity index (χ2v) is 6.32. The molecular weight excluding hydrogens is 328 g/mol. The summed E-state index contributed by atoms with van der Waals surface area (Å²) in [5.74, 6) is -0.485. The van der Waals surface area contributed by atoms with Gasteiger partial charge in [-0.2, -0.15) is 5.10 Å². The topological polar surface area (TPSA) is 73.8 Å². The Morgan fingerprint density at radius 2 is 1.77 bits per heavy atom. The van der Waals surface area contributed by atoms with Gasteiger partial charge >= 0.3 is 0 Å². The third-order valence-electron chi connectivity index (χ3n) is 3.71. The summed E-state index contributed by atoms with van der Waals surface area (Å²) in [5.41, 5.74) is 6.31. The van der Waals surface area contributed by atoms with E-state index in [0.717, 1.165) is 16.9 Å². The highest BCUT2D eigenvalue weighted by Crippen LogP contribution is 2.15. The van der Waals surface area contributed by atoms with E-state index >= 15 is 0 Å². The molecule has 0 saturated heterocycles. The summed E-state index contributed by atoms with van der Waals surface area (Å²) in [6.45, 7) is 3.62. The highest BCUT2D eigenvalue weighted by molar-refractivity contribution is 6.06. The van der Waals surface area contributed by atoms with Crippen molar-refractivity contribution >= 4 is 28.9 Å². The molecule has 0 aliphatic carbocycles. The van der Waals surface area contributed by atoms with Crippen LogP contribution in [0.2, 0.25) is 0 Å². The molecule has 0 saturated carbocycles. The quantitative estimate of drug-likeness (QED) is 0.619. The van der Waals surface area contributed by atoms with E-state index in [9.17, 15) is 9.59 Å². The van der Waals surface area contributed by atoms with Gasteiger partial charge in [0.2, 0.25) is 5.91 Å². The van der Waals surface area contributed by atoms with Crippen LogP contribution < -0.4 is 15.6 Å². The summed E-state index contributed by atoms with van der Waals surface area (Å²) < 4.78 is 0. The van der Waals surface area contributed by atoms with Crippen LogP contribution in [0.3, 0.4) is 0 Å². The van der Waals surface area contributed by atoms with Crippen LogP contribution in [-0.4, -0.2) is 31.6 Å². The summed E-state index contributed by atoms with van der Waals surface area (Å²) in [7, 11) is 3.91. The maximum Gasteiger partial charge on any atom is 0.271 e. The van der Waals surface area contributed by atoms with E-state index in [1.165, 1.54) is 0 Å². The maximum atomic E-state index is 12.1. The lowest BCUT2D eigenvalue weighted by Gasteiger charge is -2.13. The largest absolute Gasteiger partial charge is 0.378 e. The van der Waals surface area contributed by atoms with Crippen molar-refractivity contribution in [2.24, 2.45) is 5.10 Å². The molecule has 0 spiro atoms. The van der Waals surface area contributed by atoms with E-state index < -0.39 is 0 Å². The smallest absolute Gasteiger partial charge is 0.271 e. The van der Waals surface area contributed by atoms with Crippen LogP contribution >= 0.6 is 0 Å². The molecule has 136 valence electrons. The Bertz CT molecular complexity index is 811. The molecule has 0 aliphatic heterocycles. The van der Waals surface area contributed by atoms with Gasteiger partial charge in [0.15, 0.2) is 0 Å². The van der Waals surface area contributed by atoms with Gasteiger partial charge in [0.05, 0.1) is 6.42 Å². The van der Waals surface area contributed by atoms with E-state index in [-0.39, 0.29) is 18.2 Å². The molecule has 0 fully saturated rings. The number of carbonyl (C=O) groups is 2. The van der Waals surface area contributed by atoms with Crippen molar-refractivity contribution in [2.45, 2.75) is 20.3 Å². The number of aryl methyl sites for hydroxylation is 1. The van der Waals surface area contributed by atoms with Crippen molar-refractivity contribution in [1.82, 2.24) is 5.43 Å². The lowest BCUT2D eigenvalue weighted by atomic mass is 10.1. The normalized spacial score (nSPS) is 11.0. The minimum atomic E-state index is -0.298. The van der Waals surface area contributed by atoms with Crippen molar-refractivity contribution in [3.05, 3.63) is 59.7 Å². The zero-order valence-electron chi connectivity index (χ0n) is 15.5. The standard InChI is InChI=1S/C20H24N4O2/c1-14-6-5-7-16(12-14)20(26)23-22-15(2)13-19(25)21-17-8-10-18(11-9-17)24(3)4/h5-12H,13H2,1-4H3,(H,21,25)(H,23,26)/b22-15-. The number of hydrogen-bond acceptors (Lipinski definition) is 4. The number of anilines is 2. The number of benzene rings is 2. The zero-order chi connectivity index (χ0) is 19.1. The van der Waals surface area contributed by atoms with Gasteiger partial charge in [-0.15, -0.1) is 0 Å². The molecule has 2 aromatic carbocycles. The molecule has 2 rings (SSSR count). The average molecular weight is 352 g/mol. The Morgan fingerprint density at radius 1 is 1.08 bits per heavy atom. The minimum absolute atomic E-state index is 0.101. The van der Waals surface area contributed by atoms with Crippen LogP contribution in [0.5, 0.6) is 0 Å². The highest BCUT2D eigenvalue weighted by Gasteiger charge is 2.07. The molecule has 0 aromatic heterocycles. The van der Waals surface area contributed by atoms with Gasteiger partial charge in [-0.25, -0.2) is 5.43 Å². The summed E-state index contributed by atoms with van der Waals surface area (Å²) in [5, 5.41) is 6.81. The van der Waals surface area contributed by atoms with Gasteiger partial charge in [-0.05, 0) is 50.2 Å². The second kappa shape index (κ2) is 8.80. The van der Waals surface area contributed by atoms with Crippen molar-refractivity contribution in [3.63, 3.8) is 0 Å². The zero-order valence-corrected chi connectivity index (χ0v) is 15.5. The van der Waals surface area contributed by atoms with Gasteiger partial charge in [0, 0.05) is 36.7 Å². The van der Waals surface area contributed by atoms with Crippen LogP contribution in [0.1, 0.15) is 29.3 Å². The van der Waals surface area contributed by atoms with Crippen molar-refractivity contribution in [3.8, 4) is 0 Å². The predicted octanol–water partition coefficient (Wildman–Crippen LogP) is 3.20. The minimum Gasteiger partial charge on any atom is -0.378 e. The molecule has 26 heavy (non-hydrogen) atoms. The van der Waals surface area contributed by atoms with E-state index in [2.05, 4.69) is 15.8 Å². The number of hydrogen-bond donors (Lipinski definition) is 2. The molecule has 2 aromatic rings. The van der Waals surface area contributed by atoms with Crippen LogP contribution in [0.4, 0.5) is 11.4 Å². The molecule has 6 nitrogen and oxygen atoms in total. The fourth-order valence-electron chi connectivity index (χ4n) is 2.32. The fourth-order valence-corrected chi connectivity index (χ4v) is 2.32. The van der Waals surface area contributed by atoms with Gasteiger partial charge < -0.3 is 10.2 Å². The van der Waals surface area contributed by atoms with Crippen LogP contribution in [0.15, 0.2) is 53.6 Å². The molecule has 0 heterocycles. The van der Waals surface area contributed by atoms with Gasteiger partial charge in [0.1, 0.15) is 0 Å². The number of nitrogens with zero attached hydrogens (tertiary/aromatic N) is 2. The monoisotopic (exact) mass is 352 g/mol. The second-order valence-electron chi connectivity index (χ2n) is 6.32. The number of rotatable bonds is 6. The summed E-state index contributed by atoms with van der Waals surface area (Å²) in [4.78, 5) is 26.1. The average Bonchev–Trinajstić information content (AvgIpc) is 2.60. The Labute approximate surface area is 153 Å². The number of hydrazone groups is 1. The predicted molar refractivity (Wildman–Crippen MR) is 106 cm³/mol. The Morgan fingerprint density at radius 3 is 2.38 bits per heavy atom. The van der Waals surface area contributed by atoms with Crippen molar-refractivity contribution in [1.29, 1.82) is 0 Å². The summed E-state index contributed by atoms with van der Waals surface area (Å²) >= 11 is 0. The maximum absolute atomic E-state index is 12.1. The Hall–Kier alpha value is -3.15. The molecule has 0 unspecified atom stereocenters. The van der Waals surface area contributed by atoms with E-state index in [4.69, 9.17) is 0 Å². The summed E-state index contributed by atoms with van der Waals surface area (Å²) in [6.07, 6.45) is 0.101. The molecule has 0 radical (unpaired) electrons. The van der Waals surface area contributed by atoms with Gasteiger partial charge in [0.25, 0.3) is 5.91 Å². The number of nitrogens with one attached hydrogen (secondary N) is 2. The lowest BCUT2D eigenvalue weighted by Crippen LogP contribution is -2.21. The summed E-state index contributed by atoms with van der Waals surface area (Å²) in [6, 6.07) is 14.8. The molecule has 0 atom stereocenters. The highest BCUT2D eigenvalue weighted by atomic mass is 16.2. The Balaban J connectivity index is 1.87. The lowest BCUT2D eigenvalue weighted by molar-refractivity contribution is -0.115. The first-order chi connectivity index (χ1) is 12.3. The van der Waals surface area contributed by atoms with E-state index in [1.807, 2.05) is 62.3 Å². The molecular formula is C20H24N4O2. The fraction of sp³-hybridized carbons (Fsp3) is 0.250. The molecule has 2 amide bonds. The molecule has 0 bridgehead atoms. The van der Waals surface area contributed by atoms with Gasteiger partial charge in [-0.1, -0.05) is 17.7 Å². The number of carbonyl (C=O) groups excluding carboxylic acids is 2. The van der Waals surface area contributed by atoms with Crippen LogP contribution in [-0.2, 0) is 4.79 Å². The van der Waals surface area contributed by atoms with Crippen molar-refractivity contribution < 1.29 is 9.59 Å². The SMILES string of the molecule is C/C(CC(=O)Nc1ccc(N(C)C)cc1)=N/NC(=O)c1cccc(C)c1. The molecule has 6 heteroatoms. The van der Waals surface area contributed by atoms with Crippen LogP contribution in [0.25, 0.3) is 0 Å². The number of amides is 2. The van der Waals surface area contributed by atoms with Crippen LogP contribution in [0, 0.1) is 6.92 Å². The third kappa shape index (κ3) is 5.73. The first-order valence-electron chi connectivity index (χ1n) is 8.32. The van der Waals surface area contributed by atoms with Gasteiger partial charge in [-0.3, -0.25) is 9.59 Å². The molecule has 2 N–H and O–H groups in total. The Kier molecular flexibility index (Phi) is 6.49. The third-order valence-corrected chi connectivity index (χ3v) is 3.71. The van der Waals surface area contributed by atoms with E-state index in [0.29, 0.717) is 11.3 Å². The first-order valence-corrected chi connectivity index (χ1v) is 8.32. The molecule has 0 aliphatic rings. The van der Waals surface area contributed by atoms with E-state index in [1.54, 1.807) is 19.1 Å².